The third-order valence-electron chi connectivity index (χ3n) is 4.23. The molecule has 2 fully saturated rings. The van der Waals surface area contributed by atoms with E-state index in [9.17, 15) is 9.59 Å². The van der Waals surface area contributed by atoms with Gasteiger partial charge in [-0.05, 0) is 32.6 Å². The van der Waals surface area contributed by atoms with Crippen LogP contribution in [0.25, 0.3) is 0 Å². The molecule has 1 saturated carbocycles. The molecule has 102 valence electrons. The number of aryl methyl sites for hydroxylation is 1. The molecule has 1 aromatic rings. The lowest BCUT2D eigenvalue weighted by atomic mass is 9.68. The van der Waals surface area contributed by atoms with Gasteiger partial charge < -0.3 is 15.2 Å². The molecule has 6 nitrogen and oxygen atoms in total. The summed E-state index contributed by atoms with van der Waals surface area (Å²) in [7, 11) is 0. The number of carbonyl (C=O) groups excluding carboxylic acids is 2. The molecule has 2 amide bonds. The first-order valence-corrected chi connectivity index (χ1v) is 6.64. The van der Waals surface area contributed by atoms with Crippen molar-refractivity contribution in [3.63, 3.8) is 0 Å². The fraction of sp³-hybridized carbons (Fsp3) is 0.615. The first-order valence-electron chi connectivity index (χ1n) is 6.64. The zero-order valence-corrected chi connectivity index (χ0v) is 10.9. The highest BCUT2D eigenvalue weighted by molar-refractivity contribution is 5.94. The molecule has 1 saturated heterocycles. The predicted octanol–water partition coefficient (Wildman–Crippen LogP) is 0.914. The van der Waals surface area contributed by atoms with Crippen LogP contribution in [0.15, 0.2) is 10.8 Å². The molecule has 2 aliphatic rings. The normalized spacial score (nSPS) is 24.7. The Hall–Kier alpha value is -1.85. The number of aromatic nitrogens is 1. The van der Waals surface area contributed by atoms with Gasteiger partial charge in [0.2, 0.25) is 5.91 Å². The summed E-state index contributed by atoms with van der Waals surface area (Å²) in [5.74, 6) is -0.138. The summed E-state index contributed by atoms with van der Waals surface area (Å²) in [5, 5.41) is 9.76. The summed E-state index contributed by atoms with van der Waals surface area (Å²) in [6.07, 6.45) is 5.56. The highest BCUT2D eigenvalue weighted by atomic mass is 16.5. The minimum Gasteiger partial charge on any atom is -0.364 e. The third kappa shape index (κ3) is 2.01. The van der Waals surface area contributed by atoms with E-state index in [1.807, 2.05) is 0 Å². The number of nitrogens with one attached hydrogen (secondary N) is 2. The summed E-state index contributed by atoms with van der Waals surface area (Å²) in [5.41, 5.74) is 0.814. The smallest absolute Gasteiger partial charge is 0.274 e. The van der Waals surface area contributed by atoms with Crippen molar-refractivity contribution in [1.82, 2.24) is 15.8 Å². The van der Waals surface area contributed by atoms with Crippen LogP contribution in [0.5, 0.6) is 0 Å². The van der Waals surface area contributed by atoms with Crippen molar-refractivity contribution in [2.24, 2.45) is 0 Å². The second-order valence-corrected chi connectivity index (χ2v) is 5.47. The zero-order valence-electron chi connectivity index (χ0n) is 10.9. The van der Waals surface area contributed by atoms with Gasteiger partial charge in [-0.2, -0.15) is 0 Å². The van der Waals surface area contributed by atoms with Crippen molar-refractivity contribution in [1.29, 1.82) is 0 Å². The Morgan fingerprint density at radius 3 is 2.95 bits per heavy atom. The lowest BCUT2D eigenvalue weighted by molar-refractivity contribution is -0.127. The highest BCUT2D eigenvalue weighted by Gasteiger charge is 2.48. The molecule has 1 atom stereocenters. The summed E-state index contributed by atoms with van der Waals surface area (Å²) >= 11 is 0. The maximum absolute atomic E-state index is 12.2. The van der Waals surface area contributed by atoms with E-state index < -0.39 is 0 Å². The molecule has 19 heavy (non-hydrogen) atoms. The molecule has 0 radical (unpaired) electrons. The molecule has 2 heterocycles. The molecule has 0 bridgehead atoms. The molecule has 1 aromatic heterocycles. The summed E-state index contributed by atoms with van der Waals surface area (Å²) in [6.45, 7) is 1.78. The molecule has 3 rings (SSSR count). The molecular weight excluding hydrogens is 246 g/mol. The van der Waals surface area contributed by atoms with Crippen molar-refractivity contribution >= 4 is 11.8 Å². The Labute approximate surface area is 110 Å². The van der Waals surface area contributed by atoms with Gasteiger partial charge in [0, 0.05) is 12.0 Å². The Kier molecular flexibility index (Phi) is 2.80. The minimum atomic E-state index is -0.233. The van der Waals surface area contributed by atoms with Gasteiger partial charge in [0.25, 0.3) is 5.91 Å². The van der Waals surface area contributed by atoms with Gasteiger partial charge in [0.15, 0.2) is 5.69 Å². The van der Waals surface area contributed by atoms with E-state index in [0.29, 0.717) is 18.5 Å². The molecule has 1 spiro atoms. The maximum Gasteiger partial charge on any atom is 0.274 e. The fourth-order valence-electron chi connectivity index (χ4n) is 2.95. The van der Waals surface area contributed by atoms with Crippen molar-refractivity contribution in [3.8, 4) is 0 Å². The van der Waals surface area contributed by atoms with Crippen LogP contribution < -0.4 is 10.6 Å². The number of hydrogen-bond acceptors (Lipinski definition) is 4. The standard InChI is InChI=1S/C13H17N3O3/c1-8-7-19-16-11(8)12(18)14-9-3-4-10(17)15-13(9)5-2-6-13/h7,9H,2-6H2,1H3,(H,14,18)(H,15,17). The Morgan fingerprint density at radius 2 is 2.37 bits per heavy atom. The SMILES string of the molecule is Cc1conc1C(=O)NC1CCC(=O)NC12CCC2. The van der Waals surface area contributed by atoms with Crippen LogP contribution in [0.3, 0.4) is 0 Å². The van der Waals surface area contributed by atoms with Crippen LogP contribution in [0.1, 0.15) is 48.2 Å². The van der Waals surface area contributed by atoms with Crippen molar-refractivity contribution in [2.45, 2.75) is 50.6 Å². The molecule has 0 aromatic carbocycles. The fourth-order valence-corrected chi connectivity index (χ4v) is 2.95. The largest absolute Gasteiger partial charge is 0.364 e. The van der Waals surface area contributed by atoms with Crippen LogP contribution >= 0.6 is 0 Å². The lowest BCUT2D eigenvalue weighted by Crippen LogP contribution is -2.68. The minimum absolute atomic E-state index is 0.0115. The van der Waals surface area contributed by atoms with Crippen molar-refractivity contribution < 1.29 is 14.1 Å². The highest BCUT2D eigenvalue weighted by Crippen LogP contribution is 2.38. The topological polar surface area (TPSA) is 84.2 Å². The van der Waals surface area contributed by atoms with Gasteiger partial charge in [-0.25, -0.2) is 0 Å². The number of piperidine rings is 1. The number of rotatable bonds is 2. The van der Waals surface area contributed by atoms with Crippen LogP contribution in [0, 0.1) is 6.92 Å². The van der Waals surface area contributed by atoms with Gasteiger partial charge >= 0.3 is 0 Å². The van der Waals surface area contributed by atoms with Gasteiger partial charge in [-0.1, -0.05) is 5.16 Å². The molecular formula is C13H17N3O3. The Morgan fingerprint density at radius 1 is 1.58 bits per heavy atom. The van der Waals surface area contributed by atoms with Gasteiger partial charge in [-0.15, -0.1) is 0 Å². The van der Waals surface area contributed by atoms with E-state index in [0.717, 1.165) is 24.8 Å². The Balaban J connectivity index is 1.74. The van der Waals surface area contributed by atoms with Crippen LogP contribution in [-0.2, 0) is 4.79 Å². The quantitative estimate of drug-likeness (QED) is 0.830. The van der Waals surface area contributed by atoms with Crippen LogP contribution in [0.4, 0.5) is 0 Å². The molecule has 2 N–H and O–H groups in total. The van der Waals surface area contributed by atoms with E-state index in [-0.39, 0.29) is 23.4 Å². The van der Waals surface area contributed by atoms with E-state index in [2.05, 4.69) is 15.8 Å². The van der Waals surface area contributed by atoms with Crippen molar-refractivity contribution in [2.75, 3.05) is 0 Å². The molecule has 1 aliphatic carbocycles. The van der Waals surface area contributed by atoms with Gasteiger partial charge in [0.05, 0.1) is 11.6 Å². The summed E-state index contributed by atoms with van der Waals surface area (Å²) in [4.78, 5) is 23.7. The second kappa shape index (κ2) is 4.36. The number of hydrogen-bond donors (Lipinski definition) is 2. The van der Waals surface area contributed by atoms with E-state index in [1.54, 1.807) is 6.92 Å². The maximum atomic E-state index is 12.2. The van der Waals surface area contributed by atoms with E-state index in [1.165, 1.54) is 6.26 Å². The average Bonchev–Trinajstić information content (AvgIpc) is 2.75. The molecule has 1 aliphatic heterocycles. The Bertz CT molecular complexity index is 519. The van der Waals surface area contributed by atoms with Gasteiger partial charge in [-0.3, -0.25) is 9.59 Å². The first-order chi connectivity index (χ1) is 9.11. The van der Waals surface area contributed by atoms with Crippen molar-refractivity contribution in [3.05, 3.63) is 17.5 Å². The van der Waals surface area contributed by atoms with Crippen LogP contribution in [-0.4, -0.2) is 28.6 Å². The summed E-state index contributed by atoms with van der Waals surface area (Å²) in [6, 6.07) is -0.0115. The molecule has 1 unspecified atom stereocenters. The van der Waals surface area contributed by atoms with Crippen LogP contribution in [0.2, 0.25) is 0 Å². The lowest BCUT2D eigenvalue weighted by Gasteiger charge is -2.50. The third-order valence-corrected chi connectivity index (χ3v) is 4.23. The average molecular weight is 263 g/mol. The number of carbonyl (C=O) groups is 2. The summed E-state index contributed by atoms with van der Waals surface area (Å²) < 4.78 is 4.78. The monoisotopic (exact) mass is 263 g/mol. The first kappa shape index (κ1) is 12.2. The number of amides is 2. The predicted molar refractivity (Wildman–Crippen MR) is 66.5 cm³/mol. The zero-order chi connectivity index (χ0) is 13.5. The van der Waals surface area contributed by atoms with Gasteiger partial charge in [0.1, 0.15) is 6.26 Å². The van der Waals surface area contributed by atoms with E-state index >= 15 is 0 Å². The van der Waals surface area contributed by atoms with E-state index in [4.69, 9.17) is 4.52 Å². The number of nitrogens with zero attached hydrogens (tertiary/aromatic N) is 1. The molecule has 6 heteroatoms. The second-order valence-electron chi connectivity index (χ2n) is 5.47.